The third kappa shape index (κ3) is 1.71. The van der Waals surface area contributed by atoms with Crippen LogP contribution in [0, 0.1) is 11.3 Å². The van der Waals surface area contributed by atoms with Crippen LogP contribution in [0.2, 0.25) is 5.02 Å². The van der Waals surface area contributed by atoms with E-state index >= 15 is 0 Å². The van der Waals surface area contributed by atoms with Crippen molar-refractivity contribution in [2.24, 2.45) is 0 Å². The molecule has 3 N–H and O–H groups in total. The number of carboxylic acids is 1. The van der Waals surface area contributed by atoms with Gasteiger partial charge in [-0.05, 0) is 12.1 Å². The zero-order valence-corrected chi connectivity index (χ0v) is 7.17. The highest BCUT2D eigenvalue weighted by atomic mass is 35.5. The van der Waals surface area contributed by atoms with Crippen LogP contribution in [0.25, 0.3) is 0 Å². The van der Waals surface area contributed by atoms with Crippen LogP contribution in [-0.2, 0) is 0 Å². The molecule has 0 saturated carbocycles. The van der Waals surface area contributed by atoms with Crippen molar-refractivity contribution in [3.63, 3.8) is 0 Å². The number of halogens is 1. The fraction of sp³-hybridized carbons (Fsp3) is 0. The minimum Gasteiger partial charge on any atom is -0.478 e. The van der Waals surface area contributed by atoms with E-state index in [0.29, 0.717) is 0 Å². The van der Waals surface area contributed by atoms with Crippen molar-refractivity contribution in [1.29, 1.82) is 5.26 Å². The standard InChI is InChI=1S/C8H5ClN2O2/c9-6-2-4(3-10)1-5(7(6)11)8(12)13/h1-2H,11H2,(H,12,13). The summed E-state index contributed by atoms with van der Waals surface area (Å²) in [6.45, 7) is 0. The molecule has 0 aromatic heterocycles. The molecule has 0 aliphatic rings. The first-order chi connectivity index (χ1) is 6.06. The highest BCUT2D eigenvalue weighted by Crippen LogP contribution is 2.24. The molecule has 0 atom stereocenters. The third-order valence-electron chi connectivity index (χ3n) is 1.49. The zero-order chi connectivity index (χ0) is 10.0. The minimum atomic E-state index is -1.20. The van der Waals surface area contributed by atoms with Crippen LogP contribution in [0.1, 0.15) is 15.9 Å². The largest absolute Gasteiger partial charge is 0.478 e. The number of benzene rings is 1. The van der Waals surface area contributed by atoms with E-state index in [9.17, 15) is 4.79 Å². The molecule has 1 aromatic carbocycles. The zero-order valence-electron chi connectivity index (χ0n) is 6.41. The van der Waals surface area contributed by atoms with Gasteiger partial charge in [0.25, 0.3) is 0 Å². The molecule has 0 radical (unpaired) electrons. The van der Waals surface area contributed by atoms with Crippen molar-refractivity contribution < 1.29 is 9.90 Å². The second-order valence-electron chi connectivity index (χ2n) is 2.34. The first kappa shape index (κ1) is 9.36. The second kappa shape index (κ2) is 3.33. The summed E-state index contributed by atoms with van der Waals surface area (Å²) in [5.74, 6) is -1.20. The molecule has 0 saturated heterocycles. The molecule has 0 aliphatic heterocycles. The molecular weight excluding hydrogens is 192 g/mol. The van der Waals surface area contributed by atoms with Crippen molar-refractivity contribution in [1.82, 2.24) is 0 Å². The molecular formula is C8H5ClN2O2. The van der Waals surface area contributed by atoms with E-state index < -0.39 is 5.97 Å². The number of aromatic carboxylic acids is 1. The highest BCUT2D eigenvalue weighted by molar-refractivity contribution is 6.34. The van der Waals surface area contributed by atoms with Gasteiger partial charge >= 0.3 is 5.97 Å². The lowest BCUT2D eigenvalue weighted by molar-refractivity contribution is 0.0698. The van der Waals surface area contributed by atoms with Crippen molar-refractivity contribution in [3.05, 3.63) is 28.3 Å². The predicted octanol–water partition coefficient (Wildman–Crippen LogP) is 1.49. The predicted molar refractivity (Wildman–Crippen MR) is 47.5 cm³/mol. The van der Waals surface area contributed by atoms with Gasteiger partial charge in [-0.3, -0.25) is 0 Å². The second-order valence-corrected chi connectivity index (χ2v) is 2.74. The molecule has 4 nitrogen and oxygen atoms in total. The summed E-state index contributed by atoms with van der Waals surface area (Å²) in [6.07, 6.45) is 0. The number of anilines is 1. The number of nitrogens with zero attached hydrogens (tertiary/aromatic N) is 1. The molecule has 5 heteroatoms. The van der Waals surface area contributed by atoms with E-state index in [-0.39, 0.29) is 21.8 Å². The lowest BCUT2D eigenvalue weighted by atomic mass is 10.1. The molecule has 0 unspecified atom stereocenters. The van der Waals surface area contributed by atoms with E-state index in [4.69, 9.17) is 27.7 Å². The number of carboxylic acid groups (broad SMARTS) is 1. The quantitative estimate of drug-likeness (QED) is 0.667. The first-order valence-electron chi connectivity index (χ1n) is 3.28. The van der Waals surface area contributed by atoms with E-state index in [1.165, 1.54) is 12.1 Å². The first-order valence-corrected chi connectivity index (χ1v) is 3.66. The van der Waals surface area contributed by atoms with E-state index in [0.717, 1.165) is 0 Å². The molecule has 66 valence electrons. The van der Waals surface area contributed by atoms with Gasteiger partial charge in [0.15, 0.2) is 0 Å². The number of carbonyl (C=O) groups is 1. The fourth-order valence-corrected chi connectivity index (χ4v) is 1.08. The minimum absolute atomic E-state index is 0.0202. The monoisotopic (exact) mass is 196 g/mol. The summed E-state index contributed by atoms with van der Waals surface area (Å²) < 4.78 is 0. The Hall–Kier alpha value is -1.73. The molecule has 1 rings (SSSR count). The van der Waals surface area contributed by atoms with Crippen molar-refractivity contribution >= 4 is 23.3 Å². The van der Waals surface area contributed by atoms with Crippen LogP contribution in [0.3, 0.4) is 0 Å². The summed E-state index contributed by atoms with van der Waals surface area (Å²) in [4.78, 5) is 10.6. The normalized spacial score (nSPS) is 9.23. The molecule has 0 bridgehead atoms. The Balaban J connectivity index is 3.44. The summed E-state index contributed by atoms with van der Waals surface area (Å²) >= 11 is 5.60. The molecule has 0 amide bonds. The van der Waals surface area contributed by atoms with Crippen molar-refractivity contribution in [3.8, 4) is 6.07 Å². The van der Waals surface area contributed by atoms with Gasteiger partial charge < -0.3 is 10.8 Å². The average molecular weight is 197 g/mol. The van der Waals surface area contributed by atoms with Gasteiger partial charge in [-0.1, -0.05) is 11.6 Å². The average Bonchev–Trinajstić information content (AvgIpc) is 2.09. The van der Waals surface area contributed by atoms with Gasteiger partial charge in [0.2, 0.25) is 0 Å². The van der Waals surface area contributed by atoms with Crippen LogP contribution in [0.5, 0.6) is 0 Å². The summed E-state index contributed by atoms with van der Waals surface area (Å²) in [6, 6.07) is 4.29. The van der Waals surface area contributed by atoms with Gasteiger partial charge in [-0.2, -0.15) is 5.26 Å². The Morgan fingerprint density at radius 1 is 1.62 bits per heavy atom. The number of nitriles is 1. The Bertz CT molecular complexity index is 409. The molecule has 0 spiro atoms. The summed E-state index contributed by atoms with van der Waals surface area (Å²) in [5.41, 5.74) is 5.39. The number of hydrogen-bond donors (Lipinski definition) is 2. The Morgan fingerprint density at radius 3 is 2.69 bits per heavy atom. The van der Waals surface area contributed by atoms with Crippen LogP contribution in [-0.4, -0.2) is 11.1 Å². The Kier molecular flexibility index (Phi) is 2.40. The van der Waals surface area contributed by atoms with Gasteiger partial charge in [0, 0.05) is 0 Å². The molecule has 13 heavy (non-hydrogen) atoms. The Labute approximate surface area is 79.2 Å². The van der Waals surface area contributed by atoms with Crippen molar-refractivity contribution in [2.45, 2.75) is 0 Å². The highest BCUT2D eigenvalue weighted by Gasteiger charge is 2.12. The van der Waals surface area contributed by atoms with E-state index in [1.54, 1.807) is 6.07 Å². The third-order valence-corrected chi connectivity index (χ3v) is 1.80. The van der Waals surface area contributed by atoms with Gasteiger partial charge in [0.05, 0.1) is 27.9 Å². The molecule has 1 aromatic rings. The van der Waals surface area contributed by atoms with Crippen molar-refractivity contribution in [2.75, 3.05) is 5.73 Å². The molecule has 0 heterocycles. The lowest BCUT2D eigenvalue weighted by Gasteiger charge is -2.02. The van der Waals surface area contributed by atoms with Gasteiger partial charge in [-0.15, -0.1) is 0 Å². The molecule has 0 aliphatic carbocycles. The number of hydrogen-bond acceptors (Lipinski definition) is 3. The van der Waals surface area contributed by atoms with Crippen LogP contribution < -0.4 is 5.73 Å². The maximum Gasteiger partial charge on any atom is 0.337 e. The number of nitrogens with two attached hydrogens (primary N) is 1. The number of rotatable bonds is 1. The van der Waals surface area contributed by atoms with E-state index in [1.807, 2.05) is 0 Å². The molecule has 0 fully saturated rings. The maximum absolute atomic E-state index is 10.6. The smallest absolute Gasteiger partial charge is 0.337 e. The maximum atomic E-state index is 10.6. The van der Waals surface area contributed by atoms with E-state index in [2.05, 4.69) is 0 Å². The van der Waals surface area contributed by atoms with Crippen LogP contribution >= 0.6 is 11.6 Å². The number of nitrogen functional groups attached to an aromatic ring is 1. The van der Waals surface area contributed by atoms with Crippen LogP contribution in [0.15, 0.2) is 12.1 Å². The van der Waals surface area contributed by atoms with Gasteiger partial charge in [0.1, 0.15) is 0 Å². The lowest BCUT2D eigenvalue weighted by Crippen LogP contribution is -2.03. The van der Waals surface area contributed by atoms with Gasteiger partial charge in [-0.25, -0.2) is 4.79 Å². The summed E-state index contributed by atoms with van der Waals surface area (Å²) in [7, 11) is 0. The Morgan fingerprint density at radius 2 is 2.23 bits per heavy atom. The SMILES string of the molecule is N#Cc1cc(Cl)c(N)c(C(=O)O)c1. The topological polar surface area (TPSA) is 87.1 Å². The summed E-state index contributed by atoms with van der Waals surface area (Å²) in [5, 5.41) is 17.3. The fourth-order valence-electron chi connectivity index (χ4n) is 0.859. The van der Waals surface area contributed by atoms with Crippen LogP contribution in [0.4, 0.5) is 5.69 Å².